The number of ether oxygens (including phenoxy) is 1. The molecule has 1 aromatic rings. The molecule has 0 amide bonds. The fraction of sp³-hybridized carbons (Fsp3) is 0.562. The Labute approximate surface area is 141 Å². The maximum Gasteiger partial charge on any atom is 0.466 e. The Balaban J connectivity index is 2.37. The lowest BCUT2D eigenvalue weighted by Crippen LogP contribution is -2.41. The summed E-state index contributed by atoms with van der Waals surface area (Å²) in [5.41, 5.74) is -0.564. The second-order valence-electron chi connectivity index (χ2n) is 6.71. The molecule has 4 nitrogen and oxygen atoms in total. The first-order chi connectivity index (χ1) is 10.6. The van der Waals surface area contributed by atoms with Crippen LogP contribution in [0, 0.1) is 5.82 Å². The van der Waals surface area contributed by atoms with Crippen LogP contribution < -0.4 is 0 Å². The lowest BCUT2D eigenvalue weighted by Gasteiger charge is -2.32. The average molecular weight is 343 g/mol. The van der Waals surface area contributed by atoms with Crippen molar-refractivity contribution in [3.63, 3.8) is 0 Å². The normalized spacial score (nSPS) is 20.4. The van der Waals surface area contributed by atoms with E-state index in [1.807, 2.05) is 27.7 Å². The molecule has 0 saturated carbocycles. The minimum atomic E-state index is -0.697. The summed E-state index contributed by atoms with van der Waals surface area (Å²) in [6, 6.07) is 4.16. The summed E-state index contributed by atoms with van der Waals surface area (Å²) in [6.07, 6.45) is 0.00705. The van der Waals surface area contributed by atoms with Crippen LogP contribution in [0.3, 0.4) is 0 Å². The summed E-state index contributed by atoms with van der Waals surface area (Å²) in [7, 11) is 0.610. The van der Waals surface area contributed by atoms with Crippen LogP contribution in [-0.2, 0) is 18.8 Å². The summed E-state index contributed by atoms with van der Waals surface area (Å²) >= 11 is 5.95. The zero-order valence-electron chi connectivity index (χ0n) is 14.0. The second-order valence-corrected chi connectivity index (χ2v) is 7.15. The van der Waals surface area contributed by atoms with E-state index in [1.54, 1.807) is 6.07 Å². The van der Waals surface area contributed by atoms with Crippen LogP contribution in [0.2, 0.25) is 5.02 Å². The molecule has 126 valence electrons. The van der Waals surface area contributed by atoms with E-state index in [1.165, 1.54) is 19.2 Å². The maximum absolute atomic E-state index is 13.7. The largest absolute Gasteiger partial charge is 0.469 e. The Morgan fingerprint density at radius 1 is 1.26 bits per heavy atom. The van der Waals surface area contributed by atoms with Gasteiger partial charge in [-0.15, -0.1) is 0 Å². The summed E-state index contributed by atoms with van der Waals surface area (Å²) in [5, 5.41) is 0.256. The topological polar surface area (TPSA) is 44.8 Å². The quantitative estimate of drug-likeness (QED) is 0.617. The molecule has 0 aliphatic carbocycles. The van der Waals surface area contributed by atoms with E-state index in [0.29, 0.717) is 5.56 Å². The number of benzene rings is 1. The molecule has 1 aliphatic heterocycles. The van der Waals surface area contributed by atoms with Gasteiger partial charge in [0.2, 0.25) is 0 Å². The highest BCUT2D eigenvalue weighted by atomic mass is 35.5. The fourth-order valence-corrected chi connectivity index (χ4v) is 2.71. The van der Waals surface area contributed by atoms with Crippen LogP contribution in [0.1, 0.15) is 45.5 Å². The van der Waals surface area contributed by atoms with E-state index >= 15 is 0 Å². The number of methoxy groups -OCH3 is 1. The van der Waals surface area contributed by atoms with Gasteiger partial charge in [-0.2, -0.15) is 0 Å². The predicted octanol–water partition coefficient (Wildman–Crippen LogP) is 3.76. The second kappa shape index (κ2) is 6.42. The molecule has 1 heterocycles. The molecule has 1 fully saturated rings. The van der Waals surface area contributed by atoms with E-state index in [2.05, 4.69) is 0 Å². The van der Waals surface area contributed by atoms with Crippen molar-refractivity contribution in [3.05, 3.63) is 34.6 Å². The molecule has 1 unspecified atom stereocenters. The van der Waals surface area contributed by atoms with Crippen LogP contribution in [0.25, 0.3) is 0 Å². The molecule has 0 bridgehead atoms. The van der Waals surface area contributed by atoms with Gasteiger partial charge in [-0.1, -0.05) is 11.6 Å². The molecule has 7 heteroatoms. The molecule has 1 aliphatic rings. The van der Waals surface area contributed by atoms with Crippen molar-refractivity contribution in [2.45, 2.75) is 51.1 Å². The third kappa shape index (κ3) is 3.87. The minimum absolute atomic E-state index is 0.00705. The van der Waals surface area contributed by atoms with E-state index in [4.69, 9.17) is 25.6 Å². The van der Waals surface area contributed by atoms with Crippen molar-refractivity contribution in [3.8, 4) is 0 Å². The highest BCUT2D eigenvalue weighted by Crippen LogP contribution is 2.42. The van der Waals surface area contributed by atoms with Gasteiger partial charge >= 0.3 is 13.1 Å². The van der Waals surface area contributed by atoms with E-state index in [0.717, 1.165) is 0 Å². The first kappa shape index (κ1) is 18.2. The lowest BCUT2D eigenvalue weighted by molar-refractivity contribution is -0.140. The van der Waals surface area contributed by atoms with Crippen molar-refractivity contribution in [2.75, 3.05) is 7.11 Å². The molecule has 1 atom stereocenters. The van der Waals surface area contributed by atoms with Crippen LogP contribution in [-0.4, -0.2) is 31.4 Å². The molecule has 0 aromatic heterocycles. The molecule has 1 aromatic carbocycles. The Hall–Kier alpha value is -1.11. The molecular formula is C16H21BClFO4. The smallest absolute Gasteiger partial charge is 0.466 e. The first-order valence-corrected chi connectivity index (χ1v) is 7.82. The number of esters is 1. The number of carbonyl (C=O) groups is 1. The van der Waals surface area contributed by atoms with Crippen LogP contribution >= 0.6 is 11.6 Å². The van der Waals surface area contributed by atoms with Crippen LogP contribution in [0.5, 0.6) is 0 Å². The van der Waals surface area contributed by atoms with Gasteiger partial charge in [0.25, 0.3) is 0 Å². The van der Waals surface area contributed by atoms with Gasteiger partial charge in [-0.05, 0) is 51.5 Å². The van der Waals surface area contributed by atoms with Gasteiger partial charge in [-0.3, -0.25) is 4.79 Å². The van der Waals surface area contributed by atoms with Gasteiger partial charge in [0.1, 0.15) is 5.82 Å². The molecule has 0 radical (unpaired) electrons. The van der Waals surface area contributed by atoms with E-state index in [-0.39, 0.29) is 11.4 Å². The van der Waals surface area contributed by atoms with Crippen molar-refractivity contribution in [1.82, 2.24) is 0 Å². The first-order valence-electron chi connectivity index (χ1n) is 7.44. The number of hydrogen-bond donors (Lipinski definition) is 0. The third-order valence-corrected chi connectivity index (χ3v) is 4.75. The Morgan fingerprint density at radius 3 is 2.30 bits per heavy atom. The number of carbonyl (C=O) groups excluding carboxylic acids is 1. The summed E-state index contributed by atoms with van der Waals surface area (Å²) in [5.74, 6) is -1.42. The molecule has 0 spiro atoms. The monoisotopic (exact) mass is 342 g/mol. The zero-order chi connectivity index (χ0) is 17.4. The number of hydrogen-bond acceptors (Lipinski definition) is 4. The van der Waals surface area contributed by atoms with E-state index in [9.17, 15) is 9.18 Å². The molecular weight excluding hydrogens is 321 g/mol. The number of rotatable bonds is 4. The van der Waals surface area contributed by atoms with Gasteiger partial charge in [-0.25, -0.2) is 4.39 Å². The Morgan fingerprint density at radius 2 is 1.83 bits per heavy atom. The summed E-state index contributed by atoms with van der Waals surface area (Å²) in [6.45, 7) is 7.67. The fourth-order valence-electron chi connectivity index (χ4n) is 2.48. The van der Waals surface area contributed by atoms with Crippen molar-refractivity contribution >= 4 is 24.7 Å². The third-order valence-electron chi connectivity index (χ3n) is 4.53. The van der Waals surface area contributed by atoms with Gasteiger partial charge in [0, 0.05) is 10.8 Å². The minimum Gasteiger partial charge on any atom is -0.469 e. The standard InChI is InChI=1S/C16H21BClFO4/c1-15(2)16(3,4)23-17(22-15)13(9-14(20)21-5)10-6-11(18)8-12(19)7-10/h6-8,13H,9H2,1-5H3. The van der Waals surface area contributed by atoms with Gasteiger partial charge < -0.3 is 14.0 Å². The van der Waals surface area contributed by atoms with Crippen LogP contribution in [0.4, 0.5) is 4.39 Å². The molecule has 0 N–H and O–H groups in total. The van der Waals surface area contributed by atoms with Crippen molar-refractivity contribution < 1.29 is 23.2 Å². The van der Waals surface area contributed by atoms with Crippen LogP contribution in [0.15, 0.2) is 18.2 Å². The Kier molecular flexibility index (Phi) is 5.09. The zero-order valence-corrected chi connectivity index (χ0v) is 14.7. The maximum atomic E-state index is 13.7. The lowest BCUT2D eigenvalue weighted by atomic mass is 9.66. The predicted molar refractivity (Wildman–Crippen MR) is 86.9 cm³/mol. The van der Waals surface area contributed by atoms with Gasteiger partial charge in [0.15, 0.2) is 0 Å². The molecule has 1 saturated heterocycles. The molecule has 23 heavy (non-hydrogen) atoms. The van der Waals surface area contributed by atoms with Gasteiger partial charge in [0.05, 0.1) is 24.7 Å². The summed E-state index contributed by atoms with van der Waals surface area (Å²) < 4.78 is 30.5. The Bertz CT molecular complexity index is 569. The SMILES string of the molecule is COC(=O)CC(B1OC(C)(C)C(C)(C)O1)c1cc(F)cc(Cl)c1. The number of halogens is 2. The highest BCUT2D eigenvalue weighted by Gasteiger charge is 2.54. The molecule has 2 rings (SSSR count). The highest BCUT2D eigenvalue weighted by molar-refractivity contribution is 6.48. The van der Waals surface area contributed by atoms with Crippen molar-refractivity contribution in [2.24, 2.45) is 0 Å². The van der Waals surface area contributed by atoms with Crippen molar-refractivity contribution in [1.29, 1.82) is 0 Å². The summed E-state index contributed by atoms with van der Waals surface area (Å²) in [4.78, 5) is 11.8. The van der Waals surface area contributed by atoms with E-state index < -0.39 is 35.9 Å². The average Bonchev–Trinajstić information content (AvgIpc) is 2.63.